The van der Waals surface area contributed by atoms with Crippen molar-refractivity contribution in [3.05, 3.63) is 36.1 Å². The highest BCUT2D eigenvalue weighted by atomic mass is 19.1. The van der Waals surface area contributed by atoms with Crippen LogP contribution in [0.15, 0.2) is 28.9 Å². The Balaban J connectivity index is 2.33. The van der Waals surface area contributed by atoms with Crippen molar-refractivity contribution in [3.8, 4) is 11.6 Å². The topological polar surface area (TPSA) is 38.9 Å². The predicted octanol–water partition coefficient (Wildman–Crippen LogP) is 3.00. The standard InChI is InChI=1S/C11H11FN2O/c1-7(2)10-6-14-11(15-10)9-4-3-8(12)5-13-9/h3-7H,1-2H3. The molecule has 0 saturated heterocycles. The van der Waals surface area contributed by atoms with Gasteiger partial charge in [-0.3, -0.25) is 0 Å². The molecule has 15 heavy (non-hydrogen) atoms. The van der Waals surface area contributed by atoms with Crippen molar-refractivity contribution in [2.24, 2.45) is 0 Å². The number of nitrogens with zero attached hydrogens (tertiary/aromatic N) is 2. The van der Waals surface area contributed by atoms with E-state index in [4.69, 9.17) is 4.42 Å². The maximum absolute atomic E-state index is 12.6. The summed E-state index contributed by atoms with van der Waals surface area (Å²) < 4.78 is 18.1. The second-order valence-electron chi connectivity index (χ2n) is 3.58. The lowest BCUT2D eigenvalue weighted by atomic mass is 10.2. The third-order valence-electron chi connectivity index (χ3n) is 2.04. The van der Waals surface area contributed by atoms with Crippen LogP contribution in [-0.2, 0) is 0 Å². The molecule has 0 spiro atoms. The van der Waals surface area contributed by atoms with Crippen LogP contribution in [-0.4, -0.2) is 9.97 Å². The van der Waals surface area contributed by atoms with E-state index >= 15 is 0 Å². The Kier molecular flexibility index (Phi) is 2.49. The molecule has 0 fully saturated rings. The van der Waals surface area contributed by atoms with Gasteiger partial charge in [0.05, 0.1) is 12.4 Å². The average Bonchev–Trinajstić information content (AvgIpc) is 2.68. The maximum atomic E-state index is 12.6. The van der Waals surface area contributed by atoms with E-state index in [1.54, 1.807) is 12.3 Å². The zero-order chi connectivity index (χ0) is 10.8. The van der Waals surface area contributed by atoms with Crippen molar-refractivity contribution in [1.82, 2.24) is 9.97 Å². The molecule has 0 radical (unpaired) electrons. The van der Waals surface area contributed by atoms with Gasteiger partial charge in [0.1, 0.15) is 17.3 Å². The number of rotatable bonds is 2. The summed E-state index contributed by atoms with van der Waals surface area (Å²) in [4.78, 5) is 7.98. The summed E-state index contributed by atoms with van der Waals surface area (Å²) in [5, 5.41) is 0. The molecule has 0 aromatic carbocycles. The Morgan fingerprint density at radius 1 is 1.20 bits per heavy atom. The van der Waals surface area contributed by atoms with Gasteiger partial charge in [0.15, 0.2) is 0 Å². The smallest absolute Gasteiger partial charge is 0.245 e. The summed E-state index contributed by atoms with van der Waals surface area (Å²) in [5.74, 6) is 1.15. The van der Waals surface area contributed by atoms with Crippen molar-refractivity contribution in [3.63, 3.8) is 0 Å². The Labute approximate surface area is 87.0 Å². The molecule has 4 heteroatoms. The first-order chi connectivity index (χ1) is 7.16. The summed E-state index contributed by atoms with van der Waals surface area (Å²) in [6, 6.07) is 2.88. The minimum atomic E-state index is -0.366. The molecule has 0 bridgehead atoms. The van der Waals surface area contributed by atoms with Gasteiger partial charge in [0.2, 0.25) is 5.89 Å². The maximum Gasteiger partial charge on any atom is 0.245 e. The van der Waals surface area contributed by atoms with E-state index in [0.717, 1.165) is 12.0 Å². The first kappa shape index (κ1) is 9.83. The number of pyridine rings is 1. The lowest BCUT2D eigenvalue weighted by Crippen LogP contribution is -1.84. The fraction of sp³-hybridized carbons (Fsp3) is 0.273. The molecule has 3 nitrogen and oxygen atoms in total. The minimum absolute atomic E-state index is 0.284. The van der Waals surface area contributed by atoms with E-state index in [1.165, 1.54) is 6.07 Å². The molecule has 2 aromatic rings. The highest BCUT2D eigenvalue weighted by Crippen LogP contribution is 2.21. The van der Waals surface area contributed by atoms with Gasteiger partial charge >= 0.3 is 0 Å². The van der Waals surface area contributed by atoms with E-state index in [-0.39, 0.29) is 11.7 Å². The molecule has 0 aliphatic carbocycles. The van der Waals surface area contributed by atoms with Gasteiger partial charge in [-0.1, -0.05) is 13.8 Å². The number of halogens is 1. The van der Waals surface area contributed by atoms with Crippen LogP contribution in [0.3, 0.4) is 0 Å². The highest BCUT2D eigenvalue weighted by molar-refractivity contribution is 5.46. The van der Waals surface area contributed by atoms with Crippen LogP contribution in [0.5, 0.6) is 0 Å². The van der Waals surface area contributed by atoms with Crippen LogP contribution in [0.2, 0.25) is 0 Å². The van der Waals surface area contributed by atoms with Crippen molar-refractivity contribution in [2.45, 2.75) is 19.8 Å². The first-order valence-corrected chi connectivity index (χ1v) is 4.74. The zero-order valence-electron chi connectivity index (χ0n) is 8.57. The van der Waals surface area contributed by atoms with Gasteiger partial charge in [-0.05, 0) is 12.1 Å². The molecule has 0 saturated carbocycles. The molecule has 0 amide bonds. The lowest BCUT2D eigenvalue weighted by Gasteiger charge is -1.97. The molecular formula is C11H11FN2O. The molecule has 2 rings (SSSR count). The summed E-state index contributed by atoms with van der Waals surface area (Å²) in [6.07, 6.45) is 2.82. The fourth-order valence-corrected chi connectivity index (χ4v) is 1.17. The first-order valence-electron chi connectivity index (χ1n) is 4.74. The molecule has 0 aliphatic rings. The number of hydrogen-bond acceptors (Lipinski definition) is 3. The van der Waals surface area contributed by atoms with Gasteiger partial charge in [0, 0.05) is 5.92 Å². The Hall–Kier alpha value is -1.71. The normalized spacial score (nSPS) is 10.9. The number of oxazole rings is 1. The molecule has 0 atom stereocenters. The molecule has 0 unspecified atom stereocenters. The summed E-state index contributed by atoms with van der Waals surface area (Å²) in [5.41, 5.74) is 0.545. The van der Waals surface area contributed by atoms with Crippen molar-refractivity contribution < 1.29 is 8.81 Å². The Bertz CT molecular complexity index is 448. The second kappa shape index (κ2) is 3.81. The largest absolute Gasteiger partial charge is 0.440 e. The van der Waals surface area contributed by atoms with Crippen LogP contribution < -0.4 is 0 Å². The third-order valence-corrected chi connectivity index (χ3v) is 2.04. The van der Waals surface area contributed by atoms with Crippen molar-refractivity contribution in [2.75, 3.05) is 0 Å². The van der Waals surface area contributed by atoms with Crippen LogP contribution >= 0.6 is 0 Å². The van der Waals surface area contributed by atoms with Gasteiger partial charge < -0.3 is 4.42 Å². The van der Waals surface area contributed by atoms with E-state index in [2.05, 4.69) is 9.97 Å². The summed E-state index contributed by atoms with van der Waals surface area (Å²) >= 11 is 0. The van der Waals surface area contributed by atoms with E-state index in [0.29, 0.717) is 11.6 Å². The second-order valence-corrected chi connectivity index (χ2v) is 3.58. The lowest BCUT2D eigenvalue weighted by molar-refractivity contribution is 0.493. The monoisotopic (exact) mass is 206 g/mol. The molecular weight excluding hydrogens is 195 g/mol. The molecule has 2 heterocycles. The van der Waals surface area contributed by atoms with Crippen molar-refractivity contribution in [1.29, 1.82) is 0 Å². The third kappa shape index (κ3) is 2.03. The Morgan fingerprint density at radius 3 is 2.53 bits per heavy atom. The Morgan fingerprint density at radius 2 is 2.00 bits per heavy atom. The summed E-state index contributed by atoms with van der Waals surface area (Å²) in [6.45, 7) is 4.03. The van der Waals surface area contributed by atoms with Crippen LogP contribution in [0.1, 0.15) is 25.5 Å². The zero-order valence-corrected chi connectivity index (χ0v) is 8.57. The average molecular weight is 206 g/mol. The number of hydrogen-bond donors (Lipinski definition) is 0. The van der Waals surface area contributed by atoms with E-state index in [1.807, 2.05) is 13.8 Å². The minimum Gasteiger partial charge on any atom is -0.440 e. The van der Waals surface area contributed by atoms with Gasteiger partial charge in [0.25, 0.3) is 0 Å². The van der Waals surface area contributed by atoms with Crippen LogP contribution in [0.4, 0.5) is 4.39 Å². The molecule has 2 aromatic heterocycles. The molecule has 0 aliphatic heterocycles. The molecule has 0 N–H and O–H groups in total. The predicted molar refractivity (Wildman–Crippen MR) is 53.8 cm³/mol. The summed E-state index contributed by atoms with van der Waals surface area (Å²) in [7, 11) is 0. The highest BCUT2D eigenvalue weighted by Gasteiger charge is 2.10. The number of aromatic nitrogens is 2. The fourth-order valence-electron chi connectivity index (χ4n) is 1.17. The van der Waals surface area contributed by atoms with Gasteiger partial charge in [-0.2, -0.15) is 0 Å². The van der Waals surface area contributed by atoms with Gasteiger partial charge in [-0.25, -0.2) is 14.4 Å². The van der Waals surface area contributed by atoms with Crippen LogP contribution in [0, 0.1) is 5.82 Å². The molecule has 78 valence electrons. The van der Waals surface area contributed by atoms with Crippen LogP contribution in [0.25, 0.3) is 11.6 Å². The van der Waals surface area contributed by atoms with E-state index < -0.39 is 0 Å². The van der Waals surface area contributed by atoms with Gasteiger partial charge in [-0.15, -0.1) is 0 Å². The van der Waals surface area contributed by atoms with E-state index in [9.17, 15) is 4.39 Å². The van der Waals surface area contributed by atoms with Crippen molar-refractivity contribution >= 4 is 0 Å². The quantitative estimate of drug-likeness (QED) is 0.758. The SMILES string of the molecule is CC(C)c1cnc(-c2ccc(F)cn2)o1.